The van der Waals surface area contributed by atoms with Crippen molar-refractivity contribution in [3.63, 3.8) is 0 Å². The molecule has 1 nitrogen and oxygen atoms in total. The van der Waals surface area contributed by atoms with Gasteiger partial charge in [-0.2, -0.15) is 0 Å². The highest BCUT2D eigenvalue weighted by molar-refractivity contribution is 9.10. The topological polar surface area (TPSA) is 12.9 Å². The lowest BCUT2D eigenvalue weighted by Crippen LogP contribution is -1.89. The Morgan fingerprint density at radius 1 is 1.29 bits per heavy atom. The lowest BCUT2D eigenvalue weighted by atomic mass is 10.1. The summed E-state index contributed by atoms with van der Waals surface area (Å²) >= 11 is 3.49. The summed E-state index contributed by atoms with van der Waals surface area (Å²) in [5.74, 6) is 0. The molecule has 0 N–H and O–H groups in total. The van der Waals surface area contributed by atoms with Crippen LogP contribution in [0.2, 0.25) is 0 Å². The second-order valence-corrected chi connectivity index (χ2v) is 4.36. The van der Waals surface area contributed by atoms with E-state index in [4.69, 9.17) is 0 Å². The smallest absolute Gasteiger partial charge is 0.0719 e. The lowest BCUT2D eigenvalue weighted by molar-refractivity contribution is 1.06. The molecular weight excluding hydrogens is 238 g/mol. The Hall–Kier alpha value is -0.890. The molecule has 72 valence electrons. The Kier molecular flexibility index (Phi) is 2.55. The van der Waals surface area contributed by atoms with Crippen LogP contribution in [0.3, 0.4) is 0 Å². The minimum atomic E-state index is 0.988. The first-order valence-electron chi connectivity index (χ1n) is 4.76. The van der Waals surface area contributed by atoms with Gasteiger partial charge in [-0.3, -0.25) is 4.98 Å². The zero-order chi connectivity index (χ0) is 10.1. The standard InChI is InChI=1S/C12H12BrN/c1-3-10-4-5-11-8(2)6-9(13)7-12(11)14-10/h4-7H,3H2,1-2H3. The predicted molar refractivity (Wildman–Crippen MR) is 63.6 cm³/mol. The normalized spacial score (nSPS) is 10.8. The van der Waals surface area contributed by atoms with Crippen molar-refractivity contribution in [1.29, 1.82) is 0 Å². The Bertz CT molecular complexity index is 477. The summed E-state index contributed by atoms with van der Waals surface area (Å²) in [6, 6.07) is 8.45. The zero-order valence-corrected chi connectivity index (χ0v) is 9.93. The molecule has 0 atom stereocenters. The number of fused-ring (bicyclic) bond motifs is 1. The molecule has 14 heavy (non-hydrogen) atoms. The molecule has 0 saturated carbocycles. The van der Waals surface area contributed by atoms with Crippen molar-refractivity contribution in [3.05, 3.63) is 40.0 Å². The first kappa shape index (κ1) is 9.66. The number of nitrogens with zero attached hydrogens (tertiary/aromatic N) is 1. The minimum absolute atomic E-state index is 0.988. The number of rotatable bonds is 1. The predicted octanol–water partition coefficient (Wildman–Crippen LogP) is 3.87. The highest BCUT2D eigenvalue weighted by atomic mass is 79.9. The molecule has 0 aliphatic heterocycles. The van der Waals surface area contributed by atoms with E-state index in [2.05, 4.69) is 59.0 Å². The van der Waals surface area contributed by atoms with Gasteiger partial charge in [0.25, 0.3) is 0 Å². The summed E-state index contributed by atoms with van der Waals surface area (Å²) in [5.41, 5.74) is 3.50. The van der Waals surface area contributed by atoms with Crippen LogP contribution in [0.1, 0.15) is 18.2 Å². The highest BCUT2D eigenvalue weighted by Gasteiger charge is 2.01. The van der Waals surface area contributed by atoms with Crippen LogP contribution in [-0.4, -0.2) is 4.98 Å². The second-order valence-electron chi connectivity index (χ2n) is 3.45. The molecule has 0 amide bonds. The van der Waals surface area contributed by atoms with E-state index >= 15 is 0 Å². The number of hydrogen-bond donors (Lipinski definition) is 0. The summed E-state index contributed by atoms with van der Waals surface area (Å²) < 4.78 is 1.10. The number of aryl methyl sites for hydroxylation is 2. The Labute approximate surface area is 92.3 Å². The summed E-state index contributed by atoms with van der Waals surface area (Å²) in [4.78, 5) is 4.59. The summed E-state index contributed by atoms with van der Waals surface area (Å²) in [5, 5.41) is 1.24. The van der Waals surface area contributed by atoms with Gasteiger partial charge in [0.15, 0.2) is 0 Å². The Morgan fingerprint density at radius 2 is 2.07 bits per heavy atom. The van der Waals surface area contributed by atoms with Crippen molar-refractivity contribution >= 4 is 26.8 Å². The molecule has 0 saturated heterocycles. The first-order chi connectivity index (χ1) is 6.70. The van der Waals surface area contributed by atoms with Gasteiger partial charge in [-0.1, -0.05) is 28.9 Å². The summed E-state index contributed by atoms with van der Waals surface area (Å²) in [6.45, 7) is 4.24. The van der Waals surface area contributed by atoms with Gasteiger partial charge in [-0.15, -0.1) is 0 Å². The monoisotopic (exact) mass is 249 g/mol. The van der Waals surface area contributed by atoms with Crippen LogP contribution in [0.25, 0.3) is 10.9 Å². The van der Waals surface area contributed by atoms with Gasteiger partial charge in [0, 0.05) is 15.6 Å². The number of hydrogen-bond acceptors (Lipinski definition) is 1. The molecule has 1 aromatic carbocycles. The maximum atomic E-state index is 4.59. The van der Waals surface area contributed by atoms with Crippen molar-refractivity contribution in [2.75, 3.05) is 0 Å². The molecule has 0 aliphatic carbocycles. The van der Waals surface area contributed by atoms with Crippen molar-refractivity contribution in [2.45, 2.75) is 20.3 Å². The number of aromatic nitrogens is 1. The van der Waals surface area contributed by atoms with Gasteiger partial charge in [0.1, 0.15) is 0 Å². The molecule has 1 aromatic heterocycles. The van der Waals surface area contributed by atoms with Gasteiger partial charge in [0.2, 0.25) is 0 Å². The van der Waals surface area contributed by atoms with Crippen LogP contribution in [0.15, 0.2) is 28.7 Å². The Balaban J connectivity index is 2.75. The minimum Gasteiger partial charge on any atom is -0.253 e. The molecule has 0 spiro atoms. The van der Waals surface area contributed by atoms with Gasteiger partial charge >= 0.3 is 0 Å². The third-order valence-corrected chi connectivity index (χ3v) is 2.86. The van der Waals surface area contributed by atoms with Crippen molar-refractivity contribution in [3.8, 4) is 0 Å². The number of halogens is 1. The van der Waals surface area contributed by atoms with Gasteiger partial charge in [-0.05, 0) is 37.1 Å². The molecule has 2 heteroatoms. The molecular formula is C12H12BrN. The highest BCUT2D eigenvalue weighted by Crippen LogP contribution is 2.22. The van der Waals surface area contributed by atoms with Crippen molar-refractivity contribution in [1.82, 2.24) is 4.98 Å². The molecule has 2 rings (SSSR count). The summed E-state index contributed by atoms with van der Waals surface area (Å²) in [6.07, 6.45) is 0.988. The van der Waals surface area contributed by atoms with E-state index in [0.717, 1.165) is 22.1 Å². The molecule has 0 aliphatic rings. The second kappa shape index (κ2) is 3.70. The molecule has 0 unspecified atom stereocenters. The molecule has 0 radical (unpaired) electrons. The van der Waals surface area contributed by atoms with Crippen LogP contribution in [-0.2, 0) is 6.42 Å². The van der Waals surface area contributed by atoms with Crippen molar-refractivity contribution in [2.24, 2.45) is 0 Å². The number of benzene rings is 1. The third kappa shape index (κ3) is 1.67. The van der Waals surface area contributed by atoms with Gasteiger partial charge in [0.05, 0.1) is 5.52 Å². The Morgan fingerprint density at radius 3 is 2.79 bits per heavy atom. The van der Waals surface area contributed by atoms with E-state index in [1.165, 1.54) is 10.9 Å². The van der Waals surface area contributed by atoms with Crippen LogP contribution in [0.5, 0.6) is 0 Å². The lowest BCUT2D eigenvalue weighted by Gasteiger charge is -2.04. The van der Waals surface area contributed by atoms with E-state index < -0.39 is 0 Å². The van der Waals surface area contributed by atoms with E-state index in [1.54, 1.807) is 0 Å². The SMILES string of the molecule is CCc1ccc2c(C)cc(Br)cc2n1. The summed E-state index contributed by atoms with van der Waals surface area (Å²) in [7, 11) is 0. The van der Waals surface area contributed by atoms with E-state index in [1.807, 2.05) is 0 Å². The van der Waals surface area contributed by atoms with Crippen LogP contribution in [0.4, 0.5) is 0 Å². The first-order valence-corrected chi connectivity index (χ1v) is 5.56. The van der Waals surface area contributed by atoms with Crippen LogP contribution < -0.4 is 0 Å². The quantitative estimate of drug-likeness (QED) is 0.748. The average molecular weight is 250 g/mol. The van der Waals surface area contributed by atoms with Crippen LogP contribution in [0, 0.1) is 6.92 Å². The zero-order valence-electron chi connectivity index (χ0n) is 8.34. The van der Waals surface area contributed by atoms with Gasteiger partial charge in [-0.25, -0.2) is 0 Å². The fraction of sp³-hybridized carbons (Fsp3) is 0.250. The maximum absolute atomic E-state index is 4.59. The van der Waals surface area contributed by atoms with E-state index in [9.17, 15) is 0 Å². The fourth-order valence-corrected chi connectivity index (χ4v) is 2.17. The molecule has 2 aromatic rings. The molecule has 0 fully saturated rings. The largest absolute Gasteiger partial charge is 0.253 e. The number of pyridine rings is 1. The third-order valence-electron chi connectivity index (χ3n) is 2.40. The average Bonchev–Trinajstić information content (AvgIpc) is 2.16. The van der Waals surface area contributed by atoms with Crippen LogP contribution >= 0.6 is 15.9 Å². The van der Waals surface area contributed by atoms with Gasteiger partial charge < -0.3 is 0 Å². The van der Waals surface area contributed by atoms with E-state index in [0.29, 0.717) is 0 Å². The van der Waals surface area contributed by atoms with Crippen molar-refractivity contribution < 1.29 is 0 Å². The molecule has 1 heterocycles. The maximum Gasteiger partial charge on any atom is 0.0719 e. The van der Waals surface area contributed by atoms with E-state index in [-0.39, 0.29) is 0 Å². The molecule has 0 bridgehead atoms. The fourth-order valence-electron chi connectivity index (χ4n) is 1.61.